The van der Waals surface area contributed by atoms with E-state index >= 15 is 0 Å². The molecular formula is C20H18F3NO5. The van der Waals surface area contributed by atoms with Crippen LogP contribution in [0.3, 0.4) is 0 Å². The highest BCUT2D eigenvalue weighted by Gasteiger charge is 2.30. The fourth-order valence-electron chi connectivity index (χ4n) is 2.76. The largest absolute Gasteiger partial charge is 0.573 e. The van der Waals surface area contributed by atoms with E-state index in [1.807, 2.05) is 0 Å². The molecule has 0 atom stereocenters. The predicted octanol–water partition coefficient (Wildman–Crippen LogP) is 4.17. The summed E-state index contributed by atoms with van der Waals surface area (Å²) < 4.78 is 45.0. The molecule has 0 aliphatic rings. The predicted molar refractivity (Wildman–Crippen MR) is 97.7 cm³/mol. The van der Waals surface area contributed by atoms with Crippen molar-refractivity contribution in [3.05, 3.63) is 58.4 Å². The summed E-state index contributed by atoms with van der Waals surface area (Å²) >= 11 is 0. The van der Waals surface area contributed by atoms with Crippen molar-refractivity contribution in [3.8, 4) is 5.75 Å². The van der Waals surface area contributed by atoms with E-state index < -0.39 is 24.7 Å². The van der Waals surface area contributed by atoms with Crippen LogP contribution >= 0.6 is 0 Å². The molecule has 0 saturated carbocycles. The van der Waals surface area contributed by atoms with Crippen LogP contribution in [0.5, 0.6) is 5.75 Å². The highest BCUT2D eigenvalue weighted by atomic mass is 19.4. The average Bonchev–Trinajstić information content (AvgIpc) is 2.92. The van der Waals surface area contributed by atoms with Gasteiger partial charge in [-0.1, -0.05) is 12.1 Å². The van der Waals surface area contributed by atoms with Crippen LogP contribution in [-0.4, -0.2) is 35.5 Å². The molecule has 1 heterocycles. The normalized spacial score (nSPS) is 11.5. The fraction of sp³-hybridized carbons (Fsp3) is 0.250. The van der Waals surface area contributed by atoms with Gasteiger partial charge in [0, 0.05) is 17.3 Å². The molecule has 0 spiro atoms. The standard InChI is InChI=1S/C20H18F3NO5/c1-11-18(13(3)25)12(2)24-19(11)16(26)10-28-17(27)9-6-14-4-7-15(8-5-14)29-20(21,22)23/h4-9,24H,10H2,1-3H3/b9-6+. The molecule has 0 saturated heterocycles. The zero-order chi connectivity index (χ0) is 21.8. The number of rotatable bonds is 7. The van der Waals surface area contributed by atoms with Gasteiger partial charge in [0.2, 0.25) is 5.78 Å². The average molecular weight is 409 g/mol. The molecule has 2 aromatic rings. The van der Waals surface area contributed by atoms with Crippen LogP contribution in [0.25, 0.3) is 6.08 Å². The summed E-state index contributed by atoms with van der Waals surface area (Å²) in [4.78, 5) is 38.4. The summed E-state index contributed by atoms with van der Waals surface area (Å²) in [5.74, 6) is -1.86. The molecule has 0 unspecified atom stereocenters. The van der Waals surface area contributed by atoms with Crippen molar-refractivity contribution in [2.75, 3.05) is 6.61 Å². The van der Waals surface area contributed by atoms with E-state index in [1.165, 1.54) is 25.1 Å². The van der Waals surface area contributed by atoms with E-state index in [2.05, 4.69) is 9.72 Å². The highest BCUT2D eigenvalue weighted by Crippen LogP contribution is 2.23. The number of Topliss-reactive ketones (excluding diaryl/α,β-unsaturated/α-hetero) is 2. The molecule has 0 aliphatic carbocycles. The smallest absolute Gasteiger partial charge is 0.454 e. The number of aromatic amines is 1. The van der Waals surface area contributed by atoms with Gasteiger partial charge in [-0.05, 0) is 50.1 Å². The first-order chi connectivity index (χ1) is 13.5. The summed E-state index contributed by atoms with van der Waals surface area (Å²) in [5.41, 5.74) is 2.11. The molecule has 1 aromatic carbocycles. The third kappa shape index (κ3) is 6.06. The molecule has 2 rings (SSSR count). The molecule has 0 radical (unpaired) electrons. The lowest BCUT2D eigenvalue weighted by atomic mass is 10.1. The first-order valence-corrected chi connectivity index (χ1v) is 8.42. The Morgan fingerprint density at radius 3 is 2.24 bits per heavy atom. The van der Waals surface area contributed by atoms with E-state index in [0.717, 1.165) is 18.2 Å². The zero-order valence-electron chi connectivity index (χ0n) is 15.8. The lowest BCUT2D eigenvalue weighted by Crippen LogP contribution is -2.16. The number of halogens is 3. The van der Waals surface area contributed by atoms with Crippen molar-refractivity contribution in [1.29, 1.82) is 0 Å². The Labute approximate surface area is 164 Å². The van der Waals surface area contributed by atoms with Crippen molar-refractivity contribution in [1.82, 2.24) is 4.98 Å². The summed E-state index contributed by atoms with van der Waals surface area (Å²) in [5, 5.41) is 0. The first kappa shape index (κ1) is 21.9. The van der Waals surface area contributed by atoms with Crippen molar-refractivity contribution in [2.24, 2.45) is 0 Å². The number of aryl methyl sites for hydroxylation is 1. The summed E-state index contributed by atoms with van der Waals surface area (Å²) in [6, 6.07) is 4.85. The molecular weight excluding hydrogens is 391 g/mol. The number of H-pyrrole nitrogens is 1. The van der Waals surface area contributed by atoms with Crippen LogP contribution in [0.2, 0.25) is 0 Å². The Kier molecular flexibility index (Phi) is 6.63. The SMILES string of the molecule is CC(=O)c1c(C)[nH]c(C(=O)COC(=O)/C=C/c2ccc(OC(F)(F)F)cc2)c1C. The molecule has 1 N–H and O–H groups in total. The third-order valence-electron chi connectivity index (χ3n) is 3.94. The van der Waals surface area contributed by atoms with Gasteiger partial charge in [-0.2, -0.15) is 0 Å². The summed E-state index contributed by atoms with van der Waals surface area (Å²) in [7, 11) is 0. The van der Waals surface area contributed by atoms with Gasteiger partial charge in [0.1, 0.15) is 5.75 Å². The molecule has 1 aromatic heterocycles. The Bertz CT molecular complexity index is 956. The Morgan fingerprint density at radius 2 is 1.72 bits per heavy atom. The minimum Gasteiger partial charge on any atom is -0.454 e. The summed E-state index contributed by atoms with van der Waals surface area (Å²) in [6.07, 6.45) is -2.42. The van der Waals surface area contributed by atoms with E-state index in [1.54, 1.807) is 13.8 Å². The van der Waals surface area contributed by atoms with Crippen LogP contribution in [0.15, 0.2) is 30.3 Å². The Morgan fingerprint density at radius 1 is 1.10 bits per heavy atom. The molecule has 0 bridgehead atoms. The number of ketones is 2. The van der Waals surface area contributed by atoms with E-state index in [9.17, 15) is 27.6 Å². The Balaban J connectivity index is 1.94. The molecule has 6 nitrogen and oxygen atoms in total. The van der Waals surface area contributed by atoms with Crippen LogP contribution in [0, 0.1) is 13.8 Å². The minimum atomic E-state index is -4.78. The molecule has 9 heteroatoms. The number of aromatic nitrogens is 1. The minimum absolute atomic E-state index is 0.179. The molecule has 154 valence electrons. The second kappa shape index (κ2) is 8.76. The lowest BCUT2D eigenvalue weighted by Gasteiger charge is -2.08. The number of nitrogens with one attached hydrogen (secondary N) is 1. The van der Waals surface area contributed by atoms with Crippen LogP contribution < -0.4 is 4.74 Å². The van der Waals surface area contributed by atoms with Gasteiger partial charge in [-0.3, -0.25) is 9.59 Å². The lowest BCUT2D eigenvalue weighted by molar-refractivity contribution is -0.274. The maximum Gasteiger partial charge on any atom is 0.573 e. The first-order valence-electron chi connectivity index (χ1n) is 8.42. The van der Waals surface area contributed by atoms with Gasteiger partial charge in [0.05, 0.1) is 5.69 Å². The zero-order valence-corrected chi connectivity index (χ0v) is 15.8. The number of esters is 1. The topological polar surface area (TPSA) is 85.5 Å². The van der Waals surface area contributed by atoms with Crippen LogP contribution in [-0.2, 0) is 9.53 Å². The Hall–Kier alpha value is -3.36. The molecule has 0 amide bonds. The van der Waals surface area contributed by atoms with Crippen molar-refractivity contribution in [2.45, 2.75) is 27.1 Å². The number of alkyl halides is 3. The second-order valence-electron chi connectivity index (χ2n) is 6.16. The van der Waals surface area contributed by atoms with Gasteiger partial charge in [-0.25, -0.2) is 4.79 Å². The molecule has 0 aliphatic heterocycles. The highest BCUT2D eigenvalue weighted by molar-refractivity contribution is 6.04. The fourth-order valence-corrected chi connectivity index (χ4v) is 2.76. The van der Waals surface area contributed by atoms with Gasteiger partial charge < -0.3 is 14.5 Å². The van der Waals surface area contributed by atoms with Gasteiger partial charge in [0.25, 0.3) is 0 Å². The van der Waals surface area contributed by atoms with Crippen molar-refractivity contribution in [3.63, 3.8) is 0 Å². The third-order valence-corrected chi connectivity index (χ3v) is 3.94. The number of hydrogen-bond donors (Lipinski definition) is 1. The number of hydrogen-bond acceptors (Lipinski definition) is 5. The number of ether oxygens (including phenoxy) is 2. The van der Waals surface area contributed by atoms with E-state index in [0.29, 0.717) is 22.4 Å². The molecule has 29 heavy (non-hydrogen) atoms. The van der Waals surface area contributed by atoms with Gasteiger partial charge >= 0.3 is 12.3 Å². The van der Waals surface area contributed by atoms with Crippen LogP contribution in [0.4, 0.5) is 13.2 Å². The maximum absolute atomic E-state index is 12.2. The van der Waals surface area contributed by atoms with Gasteiger partial charge in [0.15, 0.2) is 12.4 Å². The number of carbonyl (C=O) groups excluding carboxylic acids is 3. The van der Waals surface area contributed by atoms with E-state index in [-0.39, 0.29) is 17.2 Å². The number of benzene rings is 1. The summed E-state index contributed by atoms with van der Waals surface area (Å²) in [6.45, 7) is 4.16. The number of carbonyl (C=O) groups is 3. The van der Waals surface area contributed by atoms with E-state index in [4.69, 9.17) is 4.74 Å². The molecule has 0 fully saturated rings. The second-order valence-corrected chi connectivity index (χ2v) is 6.16. The monoisotopic (exact) mass is 409 g/mol. The van der Waals surface area contributed by atoms with Crippen molar-refractivity contribution >= 4 is 23.6 Å². The van der Waals surface area contributed by atoms with Crippen LogP contribution in [0.1, 0.15) is 44.6 Å². The maximum atomic E-state index is 12.2. The van der Waals surface area contributed by atoms with Crippen molar-refractivity contribution < 1.29 is 37.0 Å². The van der Waals surface area contributed by atoms with Gasteiger partial charge in [-0.15, -0.1) is 13.2 Å². The quantitative estimate of drug-likeness (QED) is 0.421.